The lowest BCUT2D eigenvalue weighted by molar-refractivity contribution is -0.137. The number of alkyl halides is 3. The normalized spacial score (nSPS) is 12.6. The summed E-state index contributed by atoms with van der Waals surface area (Å²) in [4.78, 5) is 10.6. The van der Waals surface area contributed by atoms with Crippen LogP contribution in [0.25, 0.3) is 5.57 Å². The van der Waals surface area contributed by atoms with Gasteiger partial charge in [0.25, 0.3) is 0 Å². The second-order valence-corrected chi connectivity index (χ2v) is 5.21. The summed E-state index contributed by atoms with van der Waals surface area (Å²) in [6.07, 6.45) is -0.684. The summed E-state index contributed by atoms with van der Waals surface area (Å²) < 4.78 is 38.1. The first-order valence-electron chi connectivity index (χ1n) is 7.30. The van der Waals surface area contributed by atoms with Gasteiger partial charge in [0, 0.05) is 6.08 Å². The van der Waals surface area contributed by atoms with E-state index in [1.54, 1.807) is 24.3 Å². The maximum atomic E-state index is 12.7. The molecule has 0 heterocycles. The van der Waals surface area contributed by atoms with Gasteiger partial charge in [0.15, 0.2) is 0 Å². The summed E-state index contributed by atoms with van der Waals surface area (Å²) in [6, 6.07) is 11.4. The minimum atomic E-state index is -4.43. The van der Waals surface area contributed by atoms with E-state index < -0.39 is 17.7 Å². The zero-order chi connectivity index (χ0) is 18.4. The summed E-state index contributed by atoms with van der Waals surface area (Å²) in [5, 5.41) is 18.0. The van der Waals surface area contributed by atoms with Gasteiger partial charge in [-0.15, -0.1) is 0 Å². The monoisotopic (exact) mass is 348 g/mol. The molecule has 0 saturated heterocycles. The van der Waals surface area contributed by atoms with Crippen molar-refractivity contribution in [2.45, 2.75) is 12.8 Å². The predicted octanol–water partition coefficient (Wildman–Crippen LogP) is 4.27. The molecule has 0 aliphatic heterocycles. The highest BCUT2D eigenvalue weighted by Crippen LogP contribution is 2.31. The first kappa shape index (κ1) is 18.5. The van der Waals surface area contributed by atoms with Gasteiger partial charge in [0.2, 0.25) is 0 Å². The van der Waals surface area contributed by atoms with Gasteiger partial charge in [-0.25, -0.2) is 4.79 Å². The number of allylic oxidation sites excluding steroid dienone is 2. The van der Waals surface area contributed by atoms with Gasteiger partial charge < -0.3 is 10.2 Å². The molecule has 0 saturated carbocycles. The zero-order valence-corrected chi connectivity index (χ0v) is 13.0. The number of aliphatic carboxylic acids is 1. The molecule has 0 aliphatic carbocycles. The molecular formula is C19H15F3O3. The third-order valence-electron chi connectivity index (χ3n) is 3.45. The average Bonchev–Trinajstić information content (AvgIpc) is 2.58. The lowest BCUT2D eigenvalue weighted by Crippen LogP contribution is -2.04. The molecule has 6 heteroatoms. The van der Waals surface area contributed by atoms with E-state index in [2.05, 4.69) is 0 Å². The SMILES string of the molecule is O=C(O)C=CC=C(c1ccc(C(F)(F)F)cc1)c1cccc(CO)c1. The van der Waals surface area contributed by atoms with Crippen LogP contribution in [0.5, 0.6) is 0 Å². The molecular weight excluding hydrogens is 333 g/mol. The van der Waals surface area contributed by atoms with Gasteiger partial charge in [-0.1, -0.05) is 42.5 Å². The minimum absolute atomic E-state index is 0.181. The van der Waals surface area contributed by atoms with Crippen molar-refractivity contribution in [1.82, 2.24) is 0 Å². The molecule has 0 bridgehead atoms. The van der Waals surface area contributed by atoms with Crippen molar-refractivity contribution >= 4 is 11.5 Å². The van der Waals surface area contributed by atoms with Crippen molar-refractivity contribution in [3.8, 4) is 0 Å². The maximum Gasteiger partial charge on any atom is 0.416 e. The van der Waals surface area contributed by atoms with E-state index in [1.807, 2.05) is 0 Å². The Hall–Kier alpha value is -2.86. The van der Waals surface area contributed by atoms with Crippen LogP contribution in [0.4, 0.5) is 13.2 Å². The molecule has 0 aromatic heterocycles. The fourth-order valence-corrected chi connectivity index (χ4v) is 2.26. The van der Waals surface area contributed by atoms with Crippen LogP contribution in [-0.4, -0.2) is 16.2 Å². The van der Waals surface area contributed by atoms with E-state index in [0.717, 1.165) is 18.2 Å². The largest absolute Gasteiger partial charge is 0.478 e. The fraction of sp³-hybridized carbons (Fsp3) is 0.105. The summed E-state index contributed by atoms with van der Waals surface area (Å²) in [6.45, 7) is -0.181. The van der Waals surface area contributed by atoms with E-state index >= 15 is 0 Å². The van der Waals surface area contributed by atoms with Crippen LogP contribution in [0.3, 0.4) is 0 Å². The molecule has 0 atom stereocenters. The number of carboxylic acid groups (broad SMARTS) is 1. The lowest BCUT2D eigenvalue weighted by atomic mass is 9.95. The van der Waals surface area contributed by atoms with Gasteiger partial charge in [-0.05, 0) is 40.5 Å². The number of hydrogen-bond acceptors (Lipinski definition) is 2. The molecule has 0 radical (unpaired) electrons. The Balaban J connectivity index is 2.49. The third-order valence-corrected chi connectivity index (χ3v) is 3.45. The molecule has 25 heavy (non-hydrogen) atoms. The molecule has 0 aliphatic rings. The molecule has 130 valence electrons. The standard InChI is InChI=1S/C19H15F3O3/c20-19(21,22)16-9-7-14(8-10-16)17(5-2-6-18(24)25)15-4-1-3-13(11-15)12-23/h1-11,23H,12H2,(H,24,25). The molecule has 2 aromatic rings. The smallest absolute Gasteiger partial charge is 0.416 e. The summed E-state index contributed by atoms with van der Waals surface area (Å²) in [5.74, 6) is -1.13. The number of halogens is 3. The first-order chi connectivity index (χ1) is 11.8. The number of hydrogen-bond donors (Lipinski definition) is 2. The number of rotatable bonds is 5. The van der Waals surface area contributed by atoms with E-state index in [9.17, 15) is 23.1 Å². The number of aliphatic hydroxyl groups excluding tert-OH is 1. The van der Waals surface area contributed by atoms with Crippen LogP contribution >= 0.6 is 0 Å². The zero-order valence-electron chi connectivity index (χ0n) is 13.0. The molecule has 2 N–H and O–H groups in total. The second kappa shape index (κ2) is 7.81. The molecule has 2 aromatic carbocycles. The summed E-state index contributed by atoms with van der Waals surface area (Å²) >= 11 is 0. The highest BCUT2D eigenvalue weighted by molar-refractivity contribution is 5.84. The Kier molecular flexibility index (Phi) is 5.77. The van der Waals surface area contributed by atoms with Crippen LogP contribution in [0, 0.1) is 0 Å². The van der Waals surface area contributed by atoms with Gasteiger partial charge in [0.1, 0.15) is 0 Å². The van der Waals surface area contributed by atoms with Crippen LogP contribution in [0.1, 0.15) is 22.3 Å². The Morgan fingerprint density at radius 3 is 2.28 bits per heavy atom. The molecule has 0 fully saturated rings. The topological polar surface area (TPSA) is 57.5 Å². The van der Waals surface area contributed by atoms with Gasteiger partial charge in [-0.2, -0.15) is 13.2 Å². The van der Waals surface area contributed by atoms with E-state index in [0.29, 0.717) is 22.3 Å². The minimum Gasteiger partial charge on any atom is -0.478 e. The van der Waals surface area contributed by atoms with Gasteiger partial charge in [-0.3, -0.25) is 0 Å². The maximum absolute atomic E-state index is 12.7. The van der Waals surface area contributed by atoms with Crippen molar-refractivity contribution in [2.75, 3.05) is 0 Å². The van der Waals surface area contributed by atoms with E-state index in [1.165, 1.54) is 24.3 Å². The molecule has 3 nitrogen and oxygen atoms in total. The van der Waals surface area contributed by atoms with Crippen molar-refractivity contribution in [2.24, 2.45) is 0 Å². The molecule has 0 amide bonds. The van der Waals surface area contributed by atoms with Crippen molar-refractivity contribution in [3.05, 3.63) is 89.0 Å². The van der Waals surface area contributed by atoms with Crippen molar-refractivity contribution in [1.29, 1.82) is 0 Å². The highest BCUT2D eigenvalue weighted by atomic mass is 19.4. The van der Waals surface area contributed by atoms with Gasteiger partial charge >= 0.3 is 12.1 Å². The number of carbonyl (C=O) groups is 1. The first-order valence-corrected chi connectivity index (χ1v) is 7.30. The molecule has 0 unspecified atom stereocenters. The average molecular weight is 348 g/mol. The predicted molar refractivity (Wildman–Crippen MR) is 87.7 cm³/mol. The number of carboxylic acids is 1. The quantitative estimate of drug-likeness (QED) is 0.627. The Morgan fingerprint density at radius 2 is 1.72 bits per heavy atom. The summed E-state index contributed by atoms with van der Waals surface area (Å²) in [7, 11) is 0. The highest BCUT2D eigenvalue weighted by Gasteiger charge is 2.30. The fourth-order valence-electron chi connectivity index (χ4n) is 2.26. The lowest BCUT2D eigenvalue weighted by Gasteiger charge is -2.11. The molecule has 2 rings (SSSR count). The van der Waals surface area contributed by atoms with Crippen molar-refractivity contribution < 1.29 is 28.2 Å². The number of aliphatic hydroxyl groups is 1. The van der Waals surface area contributed by atoms with Crippen molar-refractivity contribution in [3.63, 3.8) is 0 Å². The Bertz CT molecular complexity index is 803. The Morgan fingerprint density at radius 1 is 1.04 bits per heavy atom. The number of benzene rings is 2. The van der Waals surface area contributed by atoms with Crippen LogP contribution < -0.4 is 0 Å². The Labute approximate surface area is 142 Å². The second-order valence-electron chi connectivity index (χ2n) is 5.21. The van der Waals surface area contributed by atoms with Crippen LogP contribution in [0.2, 0.25) is 0 Å². The van der Waals surface area contributed by atoms with E-state index in [-0.39, 0.29) is 6.61 Å². The third kappa shape index (κ3) is 5.06. The van der Waals surface area contributed by atoms with Crippen LogP contribution in [0.15, 0.2) is 66.8 Å². The van der Waals surface area contributed by atoms with Crippen LogP contribution in [-0.2, 0) is 17.6 Å². The van der Waals surface area contributed by atoms with E-state index in [4.69, 9.17) is 5.11 Å². The van der Waals surface area contributed by atoms with Gasteiger partial charge in [0.05, 0.1) is 12.2 Å². The molecule has 0 spiro atoms. The summed E-state index contributed by atoms with van der Waals surface area (Å²) in [5.41, 5.74) is 1.57.